The molecule has 1 saturated heterocycles. The lowest BCUT2D eigenvalue weighted by atomic mass is 10.2. The maximum Gasteiger partial charge on any atom is 0.128 e. The Hall–Kier alpha value is -1.13. The van der Waals surface area contributed by atoms with E-state index >= 15 is 0 Å². The molecule has 17 heavy (non-hydrogen) atoms. The van der Waals surface area contributed by atoms with E-state index in [9.17, 15) is 0 Å². The third kappa shape index (κ3) is 2.96. The van der Waals surface area contributed by atoms with Crippen molar-refractivity contribution in [1.82, 2.24) is 9.88 Å². The number of rotatable bonds is 4. The minimum atomic E-state index is 0.576. The van der Waals surface area contributed by atoms with Crippen LogP contribution in [0.1, 0.15) is 18.4 Å². The maximum absolute atomic E-state index is 5.65. The van der Waals surface area contributed by atoms with Gasteiger partial charge in [-0.15, -0.1) is 0 Å². The van der Waals surface area contributed by atoms with E-state index in [1.807, 2.05) is 12.3 Å². The van der Waals surface area contributed by atoms with Crippen molar-refractivity contribution in [2.24, 2.45) is 5.73 Å². The minimum Gasteiger partial charge on any atom is -0.358 e. The number of nitrogens with two attached hydrogens (primary N) is 1. The quantitative estimate of drug-likeness (QED) is 0.846. The standard InChI is InChI=1S/C13H22N4/c1-16-7-3-4-12(16)10-17(2)13-8-11(9-14)5-6-15-13/h5-6,8,12H,3-4,7,9-10,14H2,1-2H3. The first-order valence-electron chi connectivity index (χ1n) is 6.27. The third-order valence-electron chi connectivity index (χ3n) is 3.59. The average molecular weight is 234 g/mol. The van der Waals surface area contributed by atoms with Crippen LogP contribution in [0.15, 0.2) is 18.3 Å². The molecule has 4 heteroatoms. The summed E-state index contributed by atoms with van der Waals surface area (Å²) < 4.78 is 0. The molecule has 0 aliphatic carbocycles. The Balaban J connectivity index is 2.00. The molecule has 0 saturated carbocycles. The normalized spacial score (nSPS) is 20.8. The zero-order chi connectivity index (χ0) is 12.3. The van der Waals surface area contributed by atoms with E-state index in [1.54, 1.807) is 0 Å². The number of likely N-dealkylation sites (N-methyl/N-ethyl adjacent to an activating group) is 2. The number of nitrogens with zero attached hydrogens (tertiary/aromatic N) is 3. The fraction of sp³-hybridized carbons (Fsp3) is 0.615. The highest BCUT2D eigenvalue weighted by atomic mass is 15.2. The van der Waals surface area contributed by atoms with E-state index in [-0.39, 0.29) is 0 Å². The summed E-state index contributed by atoms with van der Waals surface area (Å²) in [5.41, 5.74) is 6.79. The molecule has 0 bridgehead atoms. The summed E-state index contributed by atoms with van der Waals surface area (Å²) in [5.74, 6) is 1.02. The zero-order valence-electron chi connectivity index (χ0n) is 10.8. The van der Waals surface area contributed by atoms with Gasteiger partial charge in [-0.3, -0.25) is 0 Å². The highest BCUT2D eigenvalue weighted by Crippen LogP contribution is 2.18. The fourth-order valence-corrected chi connectivity index (χ4v) is 2.42. The number of likely N-dealkylation sites (tertiary alicyclic amines) is 1. The molecule has 2 heterocycles. The molecular weight excluding hydrogens is 212 g/mol. The number of anilines is 1. The van der Waals surface area contributed by atoms with Crippen LogP contribution in [0, 0.1) is 0 Å². The molecule has 1 aromatic rings. The fourth-order valence-electron chi connectivity index (χ4n) is 2.42. The summed E-state index contributed by atoms with van der Waals surface area (Å²) in [4.78, 5) is 9.07. The molecule has 0 spiro atoms. The van der Waals surface area contributed by atoms with Crippen LogP contribution in [0.2, 0.25) is 0 Å². The molecule has 1 unspecified atom stereocenters. The lowest BCUT2D eigenvalue weighted by Gasteiger charge is -2.26. The van der Waals surface area contributed by atoms with Crippen molar-refractivity contribution in [3.05, 3.63) is 23.9 Å². The van der Waals surface area contributed by atoms with Gasteiger partial charge in [-0.2, -0.15) is 0 Å². The first kappa shape index (κ1) is 12.3. The van der Waals surface area contributed by atoms with Crippen LogP contribution in [0.4, 0.5) is 5.82 Å². The zero-order valence-corrected chi connectivity index (χ0v) is 10.8. The second kappa shape index (κ2) is 5.47. The van der Waals surface area contributed by atoms with E-state index in [0.29, 0.717) is 12.6 Å². The van der Waals surface area contributed by atoms with Crippen molar-refractivity contribution in [1.29, 1.82) is 0 Å². The Kier molecular flexibility index (Phi) is 3.97. The van der Waals surface area contributed by atoms with Gasteiger partial charge < -0.3 is 15.5 Å². The van der Waals surface area contributed by atoms with Gasteiger partial charge in [-0.05, 0) is 44.1 Å². The molecule has 1 aliphatic heterocycles. The molecule has 1 aliphatic rings. The third-order valence-corrected chi connectivity index (χ3v) is 3.59. The van der Waals surface area contributed by atoms with Gasteiger partial charge in [0.1, 0.15) is 5.82 Å². The van der Waals surface area contributed by atoms with Crippen LogP contribution in [-0.2, 0) is 6.54 Å². The van der Waals surface area contributed by atoms with Crippen molar-refractivity contribution in [3.8, 4) is 0 Å². The molecule has 4 nitrogen and oxygen atoms in total. The summed E-state index contributed by atoms with van der Waals surface area (Å²) in [6.07, 6.45) is 4.44. The second-order valence-electron chi connectivity index (χ2n) is 4.88. The van der Waals surface area contributed by atoms with Crippen molar-refractivity contribution in [2.75, 3.05) is 32.1 Å². The van der Waals surface area contributed by atoms with Crippen LogP contribution >= 0.6 is 0 Å². The molecule has 0 amide bonds. The molecular formula is C13H22N4. The Morgan fingerprint density at radius 1 is 1.59 bits per heavy atom. The van der Waals surface area contributed by atoms with Gasteiger partial charge in [0.15, 0.2) is 0 Å². The van der Waals surface area contributed by atoms with E-state index in [0.717, 1.165) is 17.9 Å². The van der Waals surface area contributed by atoms with E-state index in [2.05, 4.69) is 34.9 Å². The number of pyridine rings is 1. The Labute approximate surface area is 103 Å². The van der Waals surface area contributed by atoms with Gasteiger partial charge in [0.25, 0.3) is 0 Å². The predicted octanol–water partition coefficient (Wildman–Crippen LogP) is 1.07. The van der Waals surface area contributed by atoms with Gasteiger partial charge in [0, 0.05) is 32.4 Å². The maximum atomic E-state index is 5.65. The summed E-state index contributed by atoms with van der Waals surface area (Å²) >= 11 is 0. The van der Waals surface area contributed by atoms with Crippen LogP contribution < -0.4 is 10.6 Å². The van der Waals surface area contributed by atoms with Crippen molar-refractivity contribution in [3.63, 3.8) is 0 Å². The van der Waals surface area contributed by atoms with Crippen LogP contribution in [0.3, 0.4) is 0 Å². The highest BCUT2D eigenvalue weighted by Gasteiger charge is 2.22. The smallest absolute Gasteiger partial charge is 0.128 e. The Morgan fingerprint density at radius 3 is 3.06 bits per heavy atom. The first-order chi connectivity index (χ1) is 8.20. The molecule has 2 N–H and O–H groups in total. The lowest BCUT2D eigenvalue weighted by Crippen LogP contribution is -2.37. The monoisotopic (exact) mass is 234 g/mol. The number of aromatic nitrogens is 1. The molecule has 0 radical (unpaired) electrons. The summed E-state index contributed by atoms with van der Waals surface area (Å²) in [6, 6.07) is 4.71. The van der Waals surface area contributed by atoms with Crippen LogP contribution in [0.25, 0.3) is 0 Å². The number of hydrogen-bond acceptors (Lipinski definition) is 4. The molecule has 1 aromatic heterocycles. The van der Waals surface area contributed by atoms with Gasteiger partial charge >= 0.3 is 0 Å². The SMILES string of the molecule is CN(CC1CCCN1C)c1cc(CN)ccn1. The minimum absolute atomic E-state index is 0.576. The van der Waals surface area contributed by atoms with Crippen molar-refractivity contribution in [2.45, 2.75) is 25.4 Å². The summed E-state index contributed by atoms with van der Waals surface area (Å²) in [7, 11) is 4.31. The van der Waals surface area contributed by atoms with E-state index in [1.165, 1.54) is 19.4 Å². The first-order valence-corrected chi connectivity index (χ1v) is 6.27. The van der Waals surface area contributed by atoms with Gasteiger partial charge in [-0.1, -0.05) is 0 Å². The molecule has 0 aromatic carbocycles. The predicted molar refractivity (Wildman–Crippen MR) is 71.1 cm³/mol. The Bertz CT molecular complexity index is 366. The van der Waals surface area contributed by atoms with E-state index in [4.69, 9.17) is 5.73 Å². The second-order valence-corrected chi connectivity index (χ2v) is 4.88. The van der Waals surface area contributed by atoms with Crippen molar-refractivity contribution >= 4 is 5.82 Å². The van der Waals surface area contributed by atoms with Gasteiger partial charge in [-0.25, -0.2) is 4.98 Å². The average Bonchev–Trinajstić information content (AvgIpc) is 2.75. The largest absolute Gasteiger partial charge is 0.358 e. The van der Waals surface area contributed by atoms with Crippen LogP contribution in [-0.4, -0.2) is 43.1 Å². The molecule has 1 atom stereocenters. The molecule has 2 rings (SSSR count). The molecule has 94 valence electrons. The van der Waals surface area contributed by atoms with Gasteiger partial charge in [0.05, 0.1) is 0 Å². The molecule has 1 fully saturated rings. The van der Waals surface area contributed by atoms with Gasteiger partial charge in [0.2, 0.25) is 0 Å². The Morgan fingerprint density at radius 2 is 2.41 bits per heavy atom. The topological polar surface area (TPSA) is 45.4 Å². The van der Waals surface area contributed by atoms with Crippen molar-refractivity contribution < 1.29 is 0 Å². The van der Waals surface area contributed by atoms with Crippen LogP contribution in [0.5, 0.6) is 0 Å². The summed E-state index contributed by atoms with van der Waals surface area (Å²) in [5, 5.41) is 0. The summed E-state index contributed by atoms with van der Waals surface area (Å²) in [6.45, 7) is 2.83. The van der Waals surface area contributed by atoms with E-state index < -0.39 is 0 Å². The highest BCUT2D eigenvalue weighted by molar-refractivity contribution is 5.40. The lowest BCUT2D eigenvalue weighted by molar-refractivity contribution is 0.314. The number of hydrogen-bond donors (Lipinski definition) is 1.